The zero-order valence-electron chi connectivity index (χ0n) is 10.1. The first kappa shape index (κ1) is 14.3. The molecule has 1 rings (SSSR count). The van der Waals surface area contributed by atoms with Crippen molar-refractivity contribution in [2.75, 3.05) is 18.8 Å². The number of aliphatic carboxylic acids is 1. The van der Waals surface area contributed by atoms with E-state index >= 15 is 0 Å². The van der Waals surface area contributed by atoms with Crippen LogP contribution >= 0.6 is 11.8 Å². The number of nitrogens with two attached hydrogens (primary N) is 1. The zero-order valence-corrected chi connectivity index (χ0v) is 10.9. The predicted octanol–water partition coefficient (Wildman–Crippen LogP) is 0.532. The summed E-state index contributed by atoms with van der Waals surface area (Å²) < 4.78 is 0. The molecule has 1 heterocycles. The summed E-state index contributed by atoms with van der Waals surface area (Å²) in [6.07, 6.45) is 1.21. The minimum absolute atomic E-state index is 0.0489. The lowest BCUT2D eigenvalue weighted by Gasteiger charge is -2.33. The maximum Gasteiger partial charge on any atom is 0.303 e. The molecule has 0 radical (unpaired) electrons. The van der Waals surface area contributed by atoms with Crippen molar-refractivity contribution in [3.63, 3.8) is 0 Å². The van der Waals surface area contributed by atoms with Crippen LogP contribution in [0.25, 0.3) is 0 Å². The summed E-state index contributed by atoms with van der Waals surface area (Å²) in [7, 11) is 0. The first-order chi connectivity index (χ1) is 8.04. The molecule has 1 aliphatic heterocycles. The fraction of sp³-hybridized carbons (Fsp3) is 0.818. The Kier molecular flexibility index (Phi) is 5.77. The van der Waals surface area contributed by atoms with Gasteiger partial charge in [-0.3, -0.25) is 9.59 Å². The smallest absolute Gasteiger partial charge is 0.303 e. The molecule has 0 saturated carbocycles. The van der Waals surface area contributed by atoms with Crippen LogP contribution in [0.2, 0.25) is 0 Å². The molecule has 0 aromatic heterocycles. The minimum atomic E-state index is -0.908. The van der Waals surface area contributed by atoms with E-state index < -0.39 is 12.0 Å². The summed E-state index contributed by atoms with van der Waals surface area (Å²) in [6.45, 7) is 3.57. The van der Waals surface area contributed by atoms with Gasteiger partial charge in [-0.1, -0.05) is 6.92 Å². The normalized spacial score (nSPS) is 22.2. The zero-order chi connectivity index (χ0) is 12.8. The highest BCUT2D eigenvalue weighted by Gasteiger charge is 2.26. The molecule has 3 N–H and O–H groups in total. The van der Waals surface area contributed by atoms with Gasteiger partial charge in [-0.2, -0.15) is 11.8 Å². The Morgan fingerprint density at radius 2 is 2.29 bits per heavy atom. The number of hydrogen-bond acceptors (Lipinski definition) is 4. The van der Waals surface area contributed by atoms with E-state index in [-0.39, 0.29) is 18.7 Å². The lowest BCUT2D eigenvalue weighted by Crippen LogP contribution is -2.49. The van der Waals surface area contributed by atoms with Crippen molar-refractivity contribution in [1.29, 1.82) is 0 Å². The van der Waals surface area contributed by atoms with Crippen LogP contribution in [0.1, 0.15) is 26.2 Å². The molecule has 2 atom stereocenters. The molecular formula is C11H20N2O3S. The average molecular weight is 260 g/mol. The molecule has 0 aromatic carbocycles. The monoisotopic (exact) mass is 260 g/mol. The van der Waals surface area contributed by atoms with Gasteiger partial charge in [0.1, 0.15) is 0 Å². The number of hydrogen-bond donors (Lipinski definition) is 2. The van der Waals surface area contributed by atoms with Crippen molar-refractivity contribution >= 4 is 23.6 Å². The van der Waals surface area contributed by atoms with Crippen molar-refractivity contribution in [2.45, 2.75) is 37.5 Å². The predicted molar refractivity (Wildman–Crippen MR) is 68.0 cm³/mol. The molecule has 0 bridgehead atoms. The second kappa shape index (κ2) is 6.86. The number of carboxylic acids is 1. The minimum Gasteiger partial charge on any atom is -0.481 e. The molecule has 1 saturated heterocycles. The summed E-state index contributed by atoms with van der Waals surface area (Å²) >= 11 is 1.89. The van der Waals surface area contributed by atoms with Gasteiger partial charge in [0.15, 0.2) is 0 Å². The Labute approximate surface area is 106 Å². The van der Waals surface area contributed by atoms with Crippen LogP contribution in [-0.4, -0.2) is 52.0 Å². The number of amides is 1. The van der Waals surface area contributed by atoms with Crippen molar-refractivity contribution in [1.82, 2.24) is 4.90 Å². The molecule has 6 heteroatoms. The standard InChI is InChI=1S/C11H20N2O3S/c1-2-8-7-13(5-6-17-8)11(16)9(12)3-4-10(14)15/h8-9H,2-7,12H2,1H3,(H,14,15). The van der Waals surface area contributed by atoms with Gasteiger partial charge in [-0.05, 0) is 12.8 Å². The number of rotatable bonds is 5. The van der Waals surface area contributed by atoms with E-state index in [1.807, 2.05) is 11.8 Å². The van der Waals surface area contributed by atoms with E-state index in [1.54, 1.807) is 4.90 Å². The van der Waals surface area contributed by atoms with Gasteiger partial charge in [-0.15, -0.1) is 0 Å². The largest absolute Gasteiger partial charge is 0.481 e. The van der Waals surface area contributed by atoms with Crippen molar-refractivity contribution in [3.8, 4) is 0 Å². The third-order valence-electron chi connectivity index (χ3n) is 2.89. The van der Waals surface area contributed by atoms with Crippen LogP contribution in [0.15, 0.2) is 0 Å². The summed E-state index contributed by atoms with van der Waals surface area (Å²) in [5, 5.41) is 9.04. The van der Waals surface area contributed by atoms with E-state index in [4.69, 9.17) is 10.8 Å². The van der Waals surface area contributed by atoms with E-state index in [1.165, 1.54) is 0 Å². The molecule has 2 unspecified atom stereocenters. The topological polar surface area (TPSA) is 83.6 Å². The van der Waals surface area contributed by atoms with Crippen LogP contribution in [0.3, 0.4) is 0 Å². The molecule has 0 aromatic rings. The number of thioether (sulfide) groups is 1. The van der Waals surface area contributed by atoms with Crippen molar-refractivity contribution < 1.29 is 14.7 Å². The average Bonchev–Trinajstić information content (AvgIpc) is 2.35. The second-order valence-electron chi connectivity index (χ2n) is 4.22. The summed E-state index contributed by atoms with van der Waals surface area (Å²) in [6, 6.07) is -0.674. The number of carbonyl (C=O) groups is 2. The molecule has 0 spiro atoms. The third-order valence-corrected chi connectivity index (χ3v) is 4.26. The van der Waals surface area contributed by atoms with E-state index in [0.717, 1.165) is 25.3 Å². The van der Waals surface area contributed by atoms with Crippen LogP contribution in [0.5, 0.6) is 0 Å². The van der Waals surface area contributed by atoms with E-state index in [0.29, 0.717) is 5.25 Å². The summed E-state index contributed by atoms with van der Waals surface area (Å²) in [5.41, 5.74) is 5.72. The fourth-order valence-electron chi connectivity index (χ4n) is 1.80. The quantitative estimate of drug-likeness (QED) is 0.753. The first-order valence-corrected chi connectivity index (χ1v) is 6.97. The van der Waals surface area contributed by atoms with Crippen LogP contribution in [-0.2, 0) is 9.59 Å². The number of nitrogens with zero attached hydrogens (tertiary/aromatic N) is 1. The molecule has 98 valence electrons. The molecule has 1 amide bonds. The van der Waals surface area contributed by atoms with Gasteiger partial charge in [0.05, 0.1) is 6.04 Å². The van der Waals surface area contributed by atoms with Gasteiger partial charge in [0.25, 0.3) is 0 Å². The Bertz CT molecular complexity index is 286. The lowest BCUT2D eigenvalue weighted by atomic mass is 10.1. The lowest BCUT2D eigenvalue weighted by molar-refractivity contribution is -0.137. The Balaban J connectivity index is 2.42. The van der Waals surface area contributed by atoms with E-state index in [2.05, 4.69) is 6.92 Å². The Morgan fingerprint density at radius 3 is 2.88 bits per heavy atom. The SMILES string of the molecule is CCC1CN(C(=O)C(N)CCC(=O)O)CCS1. The second-order valence-corrected chi connectivity index (χ2v) is 5.63. The molecular weight excluding hydrogens is 240 g/mol. The molecule has 0 aliphatic carbocycles. The highest BCUT2D eigenvalue weighted by atomic mass is 32.2. The fourth-order valence-corrected chi connectivity index (χ4v) is 2.98. The van der Waals surface area contributed by atoms with Gasteiger partial charge in [-0.25, -0.2) is 0 Å². The molecule has 1 aliphatic rings. The van der Waals surface area contributed by atoms with Gasteiger partial charge in [0.2, 0.25) is 5.91 Å². The van der Waals surface area contributed by atoms with E-state index in [9.17, 15) is 9.59 Å². The summed E-state index contributed by atoms with van der Waals surface area (Å²) in [5.74, 6) is -0.0745. The van der Waals surface area contributed by atoms with Gasteiger partial charge >= 0.3 is 5.97 Å². The third kappa shape index (κ3) is 4.55. The molecule has 1 fully saturated rings. The summed E-state index contributed by atoms with van der Waals surface area (Å²) in [4.78, 5) is 24.2. The van der Waals surface area contributed by atoms with Gasteiger partial charge < -0.3 is 15.7 Å². The maximum atomic E-state index is 12.0. The van der Waals surface area contributed by atoms with Crippen molar-refractivity contribution in [2.24, 2.45) is 5.73 Å². The highest BCUT2D eigenvalue weighted by molar-refractivity contribution is 8.00. The molecule has 5 nitrogen and oxygen atoms in total. The Morgan fingerprint density at radius 1 is 1.59 bits per heavy atom. The highest BCUT2D eigenvalue weighted by Crippen LogP contribution is 2.21. The van der Waals surface area contributed by atoms with Crippen molar-refractivity contribution in [3.05, 3.63) is 0 Å². The maximum absolute atomic E-state index is 12.0. The van der Waals surface area contributed by atoms with Crippen LogP contribution in [0.4, 0.5) is 0 Å². The van der Waals surface area contributed by atoms with Crippen LogP contribution < -0.4 is 5.73 Å². The first-order valence-electron chi connectivity index (χ1n) is 5.92. The molecule has 17 heavy (non-hydrogen) atoms. The van der Waals surface area contributed by atoms with Gasteiger partial charge in [0, 0.05) is 30.5 Å². The Hall–Kier alpha value is -0.750. The number of carbonyl (C=O) groups excluding carboxylic acids is 1. The number of carboxylic acid groups (broad SMARTS) is 1. The van der Waals surface area contributed by atoms with Crippen LogP contribution in [0, 0.1) is 0 Å².